The summed E-state index contributed by atoms with van der Waals surface area (Å²) >= 11 is 6.23. The van der Waals surface area contributed by atoms with Gasteiger partial charge in [0.15, 0.2) is 5.66 Å². The van der Waals surface area contributed by atoms with Crippen LogP contribution in [-0.4, -0.2) is 34.7 Å². The molecular weight excluding hydrogens is 324 g/mol. The van der Waals surface area contributed by atoms with Crippen molar-refractivity contribution in [2.24, 2.45) is 0 Å². The fraction of sp³-hybridized carbons (Fsp3) is 0.263. The first-order valence-electron chi connectivity index (χ1n) is 8.08. The minimum Gasteiger partial charge on any atom is -0.310 e. The molecule has 2 aromatic carbocycles. The molecule has 2 heterocycles. The van der Waals surface area contributed by atoms with Crippen molar-refractivity contribution in [3.05, 3.63) is 70.2 Å². The zero-order chi connectivity index (χ0) is 16.9. The lowest BCUT2D eigenvalue weighted by molar-refractivity contribution is -0.136. The van der Waals surface area contributed by atoms with Crippen molar-refractivity contribution in [2.75, 3.05) is 13.1 Å². The summed E-state index contributed by atoms with van der Waals surface area (Å²) in [5, 5.41) is 0.592. The molecule has 0 aliphatic carbocycles. The third-order valence-corrected chi connectivity index (χ3v) is 5.17. The molecule has 2 aliphatic heterocycles. The van der Waals surface area contributed by atoms with Crippen LogP contribution in [0.15, 0.2) is 48.5 Å². The minimum absolute atomic E-state index is 0.0296. The molecule has 2 amide bonds. The molecule has 0 aromatic heterocycles. The molecule has 2 aliphatic rings. The zero-order valence-electron chi connectivity index (χ0n) is 13.3. The lowest BCUT2D eigenvalue weighted by Crippen LogP contribution is -2.51. The van der Waals surface area contributed by atoms with Gasteiger partial charge in [0, 0.05) is 41.2 Å². The largest absolute Gasteiger partial charge is 0.310 e. The van der Waals surface area contributed by atoms with Crippen LogP contribution in [0, 0.1) is 0 Å². The molecule has 1 fully saturated rings. The number of fused-ring (bicyclic) bond motifs is 3. The van der Waals surface area contributed by atoms with E-state index in [0.717, 1.165) is 11.1 Å². The van der Waals surface area contributed by atoms with Crippen molar-refractivity contribution >= 4 is 23.4 Å². The van der Waals surface area contributed by atoms with Crippen molar-refractivity contribution in [1.82, 2.24) is 9.80 Å². The summed E-state index contributed by atoms with van der Waals surface area (Å²) in [6.45, 7) is 2.89. The monoisotopic (exact) mass is 340 g/mol. The first-order valence-corrected chi connectivity index (χ1v) is 8.46. The van der Waals surface area contributed by atoms with Crippen LogP contribution in [0.5, 0.6) is 0 Å². The number of amides is 2. The van der Waals surface area contributed by atoms with Crippen LogP contribution < -0.4 is 0 Å². The second kappa shape index (κ2) is 5.35. The highest BCUT2D eigenvalue weighted by molar-refractivity contribution is 6.30. The topological polar surface area (TPSA) is 40.6 Å². The van der Waals surface area contributed by atoms with E-state index in [-0.39, 0.29) is 11.8 Å². The van der Waals surface area contributed by atoms with Crippen LogP contribution in [0.2, 0.25) is 5.02 Å². The number of carbonyl (C=O) groups excluding carboxylic acids is 2. The van der Waals surface area contributed by atoms with Gasteiger partial charge in [-0.2, -0.15) is 0 Å². The molecule has 24 heavy (non-hydrogen) atoms. The predicted molar refractivity (Wildman–Crippen MR) is 91.7 cm³/mol. The van der Waals surface area contributed by atoms with E-state index in [2.05, 4.69) is 0 Å². The van der Waals surface area contributed by atoms with Gasteiger partial charge in [-0.1, -0.05) is 48.9 Å². The van der Waals surface area contributed by atoms with E-state index in [1.165, 1.54) is 0 Å². The molecule has 4 rings (SSSR count). The summed E-state index contributed by atoms with van der Waals surface area (Å²) in [6.07, 6.45) is 0.395. The van der Waals surface area contributed by atoms with Crippen LogP contribution in [0.3, 0.4) is 0 Å². The number of nitrogens with zero attached hydrogens (tertiary/aromatic N) is 2. The summed E-state index contributed by atoms with van der Waals surface area (Å²) < 4.78 is 0. The molecule has 4 nitrogen and oxygen atoms in total. The Morgan fingerprint density at radius 1 is 1.17 bits per heavy atom. The Morgan fingerprint density at radius 3 is 2.71 bits per heavy atom. The maximum atomic E-state index is 13.0. The minimum atomic E-state index is -0.883. The summed E-state index contributed by atoms with van der Waals surface area (Å²) in [6, 6.07) is 15.0. The number of rotatable bonds is 2. The van der Waals surface area contributed by atoms with E-state index in [4.69, 9.17) is 11.6 Å². The first kappa shape index (κ1) is 15.2. The summed E-state index contributed by atoms with van der Waals surface area (Å²) in [4.78, 5) is 29.3. The second-order valence-corrected chi connectivity index (χ2v) is 6.52. The van der Waals surface area contributed by atoms with Crippen molar-refractivity contribution in [3.63, 3.8) is 0 Å². The van der Waals surface area contributed by atoms with Gasteiger partial charge in [-0.15, -0.1) is 0 Å². The van der Waals surface area contributed by atoms with E-state index in [1.807, 2.05) is 54.3 Å². The first-order chi connectivity index (χ1) is 11.6. The molecule has 0 N–H and O–H groups in total. The van der Waals surface area contributed by atoms with E-state index in [9.17, 15) is 9.59 Å². The zero-order valence-corrected chi connectivity index (χ0v) is 14.1. The van der Waals surface area contributed by atoms with Gasteiger partial charge < -0.3 is 9.80 Å². The molecule has 0 radical (unpaired) electrons. The van der Waals surface area contributed by atoms with Crippen LogP contribution in [0.1, 0.15) is 34.8 Å². The van der Waals surface area contributed by atoms with Gasteiger partial charge in [0.25, 0.3) is 5.91 Å². The van der Waals surface area contributed by atoms with Crippen LogP contribution in [-0.2, 0) is 10.5 Å². The fourth-order valence-electron chi connectivity index (χ4n) is 4.00. The Kier molecular flexibility index (Phi) is 3.39. The Hall–Kier alpha value is -2.33. The molecule has 0 saturated carbocycles. The predicted octanol–water partition coefficient (Wildman–Crippen LogP) is 3.25. The normalized spacial score (nSPS) is 21.8. The van der Waals surface area contributed by atoms with Crippen LogP contribution in [0.4, 0.5) is 0 Å². The Bertz CT molecular complexity index is 851. The quantitative estimate of drug-likeness (QED) is 0.842. The third-order valence-electron chi connectivity index (χ3n) is 4.94. The molecule has 2 aromatic rings. The number of carbonyl (C=O) groups is 2. The van der Waals surface area contributed by atoms with Gasteiger partial charge in [-0.3, -0.25) is 9.59 Å². The molecule has 1 saturated heterocycles. The van der Waals surface area contributed by atoms with Gasteiger partial charge in [0.1, 0.15) is 0 Å². The highest BCUT2D eigenvalue weighted by atomic mass is 35.5. The standard InChI is InChI=1S/C19H17ClN2O2/c1-2-17(23)21-10-11-22-18(24)15-8-3-4-9-16(15)19(21,22)13-6-5-7-14(20)12-13/h3-9,12H,2,10-11H2,1H3. The van der Waals surface area contributed by atoms with Gasteiger partial charge in [-0.25, -0.2) is 0 Å². The fourth-order valence-corrected chi connectivity index (χ4v) is 4.19. The van der Waals surface area contributed by atoms with E-state index in [1.54, 1.807) is 11.0 Å². The molecule has 0 bridgehead atoms. The summed E-state index contributed by atoms with van der Waals surface area (Å²) in [5.74, 6) is -0.000966. The summed E-state index contributed by atoms with van der Waals surface area (Å²) in [5.41, 5.74) is 1.49. The average molecular weight is 341 g/mol. The number of hydrogen-bond acceptors (Lipinski definition) is 2. The third kappa shape index (κ3) is 1.80. The van der Waals surface area contributed by atoms with Crippen LogP contribution in [0.25, 0.3) is 0 Å². The van der Waals surface area contributed by atoms with Gasteiger partial charge in [0.05, 0.1) is 0 Å². The molecule has 0 spiro atoms. The Labute approximate surface area is 145 Å². The summed E-state index contributed by atoms with van der Waals surface area (Å²) in [7, 11) is 0. The Balaban J connectivity index is 2.04. The highest BCUT2D eigenvalue weighted by Gasteiger charge is 2.59. The number of halogens is 1. The van der Waals surface area contributed by atoms with E-state index in [0.29, 0.717) is 30.1 Å². The SMILES string of the molecule is CCC(=O)N1CCN2C(=O)c3ccccc3C12c1cccc(Cl)c1. The number of benzene rings is 2. The van der Waals surface area contributed by atoms with Crippen molar-refractivity contribution in [3.8, 4) is 0 Å². The highest BCUT2D eigenvalue weighted by Crippen LogP contribution is 2.50. The van der Waals surface area contributed by atoms with Crippen molar-refractivity contribution < 1.29 is 9.59 Å². The Morgan fingerprint density at radius 2 is 1.96 bits per heavy atom. The molecule has 5 heteroatoms. The maximum absolute atomic E-state index is 13.0. The van der Waals surface area contributed by atoms with Gasteiger partial charge in [-0.05, 0) is 18.2 Å². The van der Waals surface area contributed by atoms with E-state index < -0.39 is 5.66 Å². The molecular formula is C19H17ClN2O2. The van der Waals surface area contributed by atoms with Crippen LogP contribution >= 0.6 is 11.6 Å². The van der Waals surface area contributed by atoms with Gasteiger partial charge in [0.2, 0.25) is 5.91 Å². The smallest absolute Gasteiger partial charge is 0.256 e. The van der Waals surface area contributed by atoms with E-state index >= 15 is 0 Å². The molecule has 122 valence electrons. The lowest BCUT2D eigenvalue weighted by atomic mass is 9.89. The maximum Gasteiger partial charge on any atom is 0.256 e. The molecule has 1 unspecified atom stereocenters. The van der Waals surface area contributed by atoms with Crippen molar-refractivity contribution in [2.45, 2.75) is 19.0 Å². The number of hydrogen-bond donors (Lipinski definition) is 0. The second-order valence-electron chi connectivity index (χ2n) is 6.08. The molecule has 1 atom stereocenters. The van der Waals surface area contributed by atoms with Gasteiger partial charge >= 0.3 is 0 Å². The lowest BCUT2D eigenvalue weighted by Gasteiger charge is -2.40. The van der Waals surface area contributed by atoms with Crippen molar-refractivity contribution in [1.29, 1.82) is 0 Å². The average Bonchev–Trinajstić information content (AvgIpc) is 3.11.